The number of carbonyl (C=O) groups is 2. The molecule has 1 saturated heterocycles. The molecule has 0 spiro atoms. The molecule has 0 aliphatic carbocycles. The Morgan fingerprint density at radius 2 is 1.87 bits per heavy atom. The number of quaternary nitrogens is 2. The molecule has 162 valence electrons. The van der Waals surface area contributed by atoms with E-state index in [4.69, 9.17) is 0 Å². The van der Waals surface area contributed by atoms with Gasteiger partial charge in [0, 0.05) is 17.0 Å². The molecular weight excluding hydrogens is 396 g/mol. The minimum Gasteiger partial charge on any atom is -0.350 e. The Labute approximate surface area is 183 Å². The van der Waals surface area contributed by atoms with E-state index in [1.165, 1.54) is 16.0 Å². The van der Waals surface area contributed by atoms with Gasteiger partial charge in [-0.05, 0) is 25.3 Å². The van der Waals surface area contributed by atoms with Crippen molar-refractivity contribution in [2.45, 2.75) is 26.9 Å². The second kappa shape index (κ2) is 11.2. The summed E-state index contributed by atoms with van der Waals surface area (Å²) in [5.41, 5.74) is 2.69. The normalized spacial score (nSPS) is 18.7. The predicted molar refractivity (Wildman–Crippen MR) is 120 cm³/mol. The average Bonchev–Trinajstić information content (AvgIpc) is 3.25. The Kier molecular flexibility index (Phi) is 8.42. The Balaban J connectivity index is 1.39. The third-order valence-corrected chi connectivity index (χ3v) is 6.59. The van der Waals surface area contributed by atoms with Crippen LogP contribution in [0.2, 0.25) is 0 Å². The summed E-state index contributed by atoms with van der Waals surface area (Å²) in [7, 11) is 0. The zero-order chi connectivity index (χ0) is 21.3. The van der Waals surface area contributed by atoms with Crippen LogP contribution < -0.4 is 15.1 Å². The third-order valence-electron chi connectivity index (χ3n) is 5.71. The van der Waals surface area contributed by atoms with Gasteiger partial charge in [-0.15, -0.1) is 11.3 Å². The van der Waals surface area contributed by atoms with E-state index in [1.807, 2.05) is 24.4 Å². The SMILES string of the molecule is CCN(CC(=O)NCc1cccs1)C(=O)C[NH+]1CC[NH+](Cc2cccc(C)c2)CC1. The van der Waals surface area contributed by atoms with Crippen LogP contribution in [0.1, 0.15) is 22.9 Å². The summed E-state index contributed by atoms with van der Waals surface area (Å²) >= 11 is 1.62. The minimum absolute atomic E-state index is 0.0703. The molecule has 0 saturated carbocycles. The number of amides is 2. The molecule has 1 aromatic carbocycles. The van der Waals surface area contributed by atoms with Crippen LogP contribution in [0.3, 0.4) is 0 Å². The Bertz CT molecular complexity index is 816. The summed E-state index contributed by atoms with van der Waals surface area (Å²) in [4.78, 5) is 30.7. The van der Waals surface area contributed by atoms with Crippen molar-refractivity contribution in [1.82, 2.24) is 10.2 Å². The number of nitrogens with one attached hydrogen (secondary N) is 3. The van der Waals surface area contributed by atoms with Crippen molar-refractivity contribution in [1.29, 1.82) is 0 Å². The van der Waals surface area contributed by atoms with Crippen molar-refractivity contribution >= 4 is 23.2 Å². The van der Waals surface area contributed by atoms with Gasteiger partial charge in [0.05, 0.1) is 13.1 Å². The molecule has 0 radical (unpaired) electrons. The second-order valence-corrected chi connectivity index (χ2v) is 9.14. The molecule has 2 amide bonds. The fraction of sp³-hybridized carbons (Fsp3) is 0.478. The summed E-state index contributed by atoms with van der Waals surface area (Å²) in [5.74, 6) is -0.0260. The summed E-state index contributed by atoms with van der Waals surface area (Å²) in [5, 5.41) is 4.90. The largest absolute Gasteiger partial charge is 0.350 e. The molecule has 3 rings (SSSR count). The molecule has 3 N–H and O–H groups in total. The molecule has 1 aromatic heterocycles. The summed E-state index contributed by atoms with van der Waals surface area (Å²) in [6.45, 7) is 11.0. The van der Waals surface area contributed by atoms with Crippen LogP contribution in [0.25, 0.3) is 0 Å². The van der Waals surface area contributed by atoms with Gasteiger partial charge < -0.3 is 20.0 Å². The smallest absolute Gasteiger partial charge is 0.278 e. The highest BCUT2D eigenvalue weighted by atomic mass is 32.1. The van der Waals surface area contributed by atoms with E-state index in [1.54, 1.807) is 21.1 Å². The van der Waals surface area contributed by atoms with E-state index in [0.717, 1.165) is 37.6 Å². The van der Waals surface area contributed by atoms with Crippen LogP contribution in [-0.2, 0) is 22.7 Å². The van der Waals surface area contributed by atoms with E-state index in [-0.39, 0.29) is 18.4 Å². The zero-order valence-corrected chi connectivity index (χ0v) is 18.9. The number of thiophene rings is 1. The van der Waals surface area contributed by atoms with Crippen molar-refractivity contribution in [3.05, 3.63) is 57.8 Å². The molecule has 0 bridgehead atoms. The van der Waals surface area contributed by atoms with Crippen molar-refractivity contribution in [3.8, 4) is 0 Å². The van der Waals surface area contributed by atoms with Gasteiger partial charge in [0.2, 0.25) is 5.91 Å². The van der Waals surface area contributed by atoms with Gasteiger partial charge in [0.25, 0.3) is 5.91 Å². The fourth-order valence-corrected chi connectivity index (χ4v) is 4.60. The second-order valence-electron chi connectivity index (χ2n) is 8.11. The third kappa shape index (κ3) is 6.93. The number of aryl methyl sites for hydroxylation is 1. The highest BCUT2D eigenvalue weighted by molar-refractivity contribution is 7.09. The first-order valence-electron chi connectivity index (χ1n) is 10.8. The first kappa shape index (κ1) is 22.5. The Morgan fingerprint density at radius 1 is 1.10 bits per heavy atom. The van der Waals surface area contributed by atoms with Gasteiger partial charge in [0.15, 0.2) is 6.54 Å². The van der Waals surface area contributed by atoms with Crippen LogP contribution in [-0.4, -0.2) is 62.5 Å². The maximum Gasteiger partial charge on any atom is 0.278 e. The topological polar surface area (TPSA) is 58.3 Å². The molecule has 1 fully saturated rings. The Morgan fingerprint density at radius 3 is 2.53 bits per heavy atom. The van der Waals surface area contributed by atoms with Gasteiger partial charge in [-0.2, -0.15) is 0 Å². The lowest BCUT2D eigenvalue weighted by Gasteiger charge is -2.30. The molecule has 6 nitrogen and oxygen atoms in total. The van der Waals surface area contributed by atoms with Gasteiger partial charge >= 0.3 is 0 Å². The highest BCUT2D eigenvalue weighted by Gasteiger charge is 2.27. The lowest BCUT2D eigenvalue weighted by atomic mass is 10.1. The maximum absolute atomic E-state index is 12.7. The van der Waals surface area contributed by atoms with Gasteiger partial charge in [-0.3, -0.25) is 9.59 Å². The summed E-state index contributed by atoms with van der Waals surface area (Å²) < 4.78 is 0. The van der Waals surface area contributed by atoms with Crippen LogP contribution in [0.4, 0.5) is 0 Å². The number of piperazine rings is 1. The number of likely N-dealkylation sites (N-methyl/N-ethyl adjacent to an activating group) is 1. The fourth-order valence-electron chi connectivity index (χ4n) is 3.95. The molecule has 2 aromatic rings. The standard InChI is InChI=1S/C23H32N4O2S/c1-3-27(17-22(28)24-15-21-8-5-13-30-21)23(29)18-26-11-9-25(10-12-26)16-20-7-4-6-19(2)14-20/h4-8,13-14H,3,9-12,15-18H2,1-2H3,(H,24,28)/p+2. The minimum atomic E-state index is -0.0963. The Hall–Kier alpha value is -2.22. The molecule has 0 atom stereocenters. The van der Waals surface area contributed by atoms with Crippen LogP contribution in [0, 0.1) is 6.92 Å². The van der Waals surface area contributed by atoms with E-state index >= 15 is 0 Å². The highest BCUT2D eigenvalue weighted by Crippen LogP contribution is 2.07. The quantitative estimate of drug-likeness (QED) is 0.503. The maximum atomic E-state index is 12.7. The first-order valence-corrected chi connectivity index (χ1v) is 11.7. The van der Waals surface area contributed by atoms with Gasteiger partial charge in [-0.1, -0.05) is 35.9 Å². The number of rotatable bonds is 9. The van der Waals surface area contributed by atoms with E-state index < -0.39 is 0 Å². The number of hydrogen-bond donors (Lipinski definition) is 3. The first-order chi connectivity index (χ1) is 14.5. The number of benzene rings is 1. The average molecular weight is 431 g/mol. The molecule has 1 aliphatic heterocycles. The van der Waals surface area contributed by atoms with Crippen LogP contribution in [0.5, 0.6) is 0 Å². The molecule has 0 unspecified atom stereocenters. The van der Waals surface area contributed by atoms with Crippen molar-refractivity contribution in [2.24, 2.45) is 0 Å². The van der Waals surface area contributed by atoms with Crippen molar-refractivity contribution in [2.75, 3.05) is 45.8 Å². The van der Waals surface area contributed by atoms with Gasteiger partial charge in [-0.25, -0.2) is 0 Å². The van der Waals surface area contributed by atoms with Crippen LogP contribution >= 0.6 is 11.3 Å². The summed E-state index contributed by atoms with van der Waals surface area (Å²) in [6, 6.07) is 12.7. The van der Waals surface area contributed by atoms with E-state index in [0.29, 0.717) is 19.6 Å². The van der Waals surface area contributed by atoms with Crippen molar-refractivity contribution < 1.29 is 19.4 Å². The molecule has 30 heavy (non-hydrogen) atoms. The molecule has 7 heteroatoms. The lowest BCUT2D eigenvalue weighted by Crippen LogP contribution is -3.28. The van der Waals surface area contributed by atoms with E-state index in [9.17, 15) is 9.59 Å². The van der Waals surface area contributed by atoms with E-state index in [2.05, 4.69) is 36.5 Å². The van der Waals surface area contributed by atoms with Crippen molar-refractivity contribution in [3.63, 3.8) is 0 Å². The molecular formula is C23H34N4O2S+2. The van der Waals surface area contributed by atoms with Crippen LogP contribution in [0.15, 0.2) is 41.8 Å². The molecule has 2 heterocycles. The van der Waals surface area contributed by atoms with Gasteiger partial charge in [0.1, 0.15) is 32.7 Å². The monoisotopic (exact) mass is 430 g/mol. The summed E-state index contributed by atoms with van der Waals surface area (Å²) in [6.07, 6.45) is 0. The predicted octanol–water partition coefficient (Wildman–Crippen LogP) is -0.495. The molecule has 1 aliphatic rings. The number of carbonyl (C=O) groups excluding carboxylic acids is 2. The number of nitrogens with zero attached hydrogens (tertiary/aromatic N) is 1. The lowest BCUT2D eigenvalue weighted by molar-refractivity contribution is -1.02. The zero-order valence-electron chi connectivity index (χ0n) is 18.1. The number of hydrogen-bond acceptors (Lipinski definition) is 3.